The number of epoxide rings is 2. The summed E-state index contributed by atoms with van der Waals surface area (Å²) in [4.78, 5) is 0. The van der Waals surface area contributed by atoms with Gasteiger partial charge in [-0.1, -0.05) is 11.6 Å². The molecule has 0 radical (unpaired) electrons. The minimum absolute atomic E-state index is 0.112. The second-order valence-electron chi connectivity index (χ2n) is 6.74. The van der Waals surface area contributed by atoms with Gasteiger partial charge in [-0.2, -0.15) is 0 Å². The maximum Gasteiger partial charge on any atom is 0.101 e. The minimum atomic E-state index is -0.738. The fourth-order valence-corrected chi connectivity index (χ4v) is 3.70. The maximum absolute atomic E-state index is 10.4. The molecule has 1 aliphatic carbocycles. The molecule has 108 valence electrons. The Balaban J connectivity index is 1.75. The molecule has 2 saturated heterocycles. The van der Waals surface area contributed by atoms with Gasteiger partial charge in [0.05, 0.1) is 36.4 Å². The molecule has 3 fully saturated rings. The first-order valence-corrected chi connectivity index (χ1v) is 7.20. The predicted molar refractivity (Wildman–Crippen MR) is 70.7 cm³/mol. The van der Waals surface area contributed by atoms with Crippen LogP contribution in [0.1, 0.15) is 40.0 Å². The molecule has 0 aromatic carbocycles. The normalized spacial score (nSPS) is 52.1. The highest BCUT2D eigenvalue weighted by molar-refractivity contribution is 5.20. The monoisotopic (exact) mass is 268 g/mol. The van der Waals surface area contributed by atoms with Gasteiger partial charge in [-0.3, -0.25) is 0 Å². The van der Waals surface area contributed by atoms with Crippen molar-refractivity contribution < 1.29 is 19.7 Å². The van der Waals surface area contributed by atoms with Crippen molar-refractivity contribution >= 4 is 0 Å². The largest absolute Gasteiger partial charge is 0.390 e. The zero-order valence-electron chi connectivity index (χ0n) is 11.9. The number of aliphatic hydroxyl groups is 2. The van der Waals surface area contributed by atoms with Crippen molar-refractivity contribution in [1.29, 1.82) is 0 Å². The standard InChI is InChI=1S/C15H24O4/c1-9(2)4-5-11-14(3,19-11)13-12(17)10(16)6-7-15(13)8-18-15/h4,10-13,16-17H,5-8H2,1-3H3/t10-,11+,12+,13?,14?,15-/m0/s1. The number of hydrogen-bond donors (Lipinski definition) is 2. The third kappa shape index (κ3) is 2.15. The lowest BCUT2D eigenvalue weighted by atomic mass is 9.68. The molecule has 0 amide bonds. The average molecular weight is 268 g/mol. The third-order valence-corrected chi connectivity index (χ3v) is 5.02. The van der Waals surface area contributed by atoms with E-state index < -0.39 is 12.2 Å². The van der Waals surface area contributed by atoms with Gasteiger partial charge in [0.25, 0.3) is 0 Å². The lowest BCUT2D eigenvalue weighted by molar-refractivity contribution is -0.0976. The van der Waals surface area contributed by atoms with Crippen molar-refractivity contribution in [1.82, 2.24) is 0 Å². The Kier molecular flexibility index (Phi) is 3.06. The Bertz CT molecular complexity index is 397. The summed E-state index contributed by atoms with van der Waals surface area (Å²) >= 11 is 0. The second-order valence-corrected chi connectivity index (χ2v) is 6.74. The molecule has 2 aliphatic heterocycles. The Morgan fingerprint density at radius 3 is 2.63 bits per heavy atom. The minimum Gasteiger partial charge on any atom is -0.390 e. The van der Waals surface area contributed by atoms with E-state index in [0.717, 1.165) is 12.8 Å². The molecule has 2 heterocycles. The van der Waals surface area contributed by atoms with E-state index in [1.807, 2.05) is 6.92 Å². The average Bonchev–Trinajstić information content (AvgIpc) is 3.22. The Hall–Kier alpha value is -0.420. The van der Waals surface area contributed by atoms with E-state index in [0.29, 0.717) is 13.0 Å². The van der Waals surface area contributed by atoms with E-state index >= 15 is 0 Å². The summed E-state index contributed by atoms with van der Waals surface area (Å²) in [5, 5.41) is 20.3. The van der Waals surface area contributed by atoms with Crippen LogP contribution >= 0.6 is 0 Å². The highest BCUT2D eigenvalue weighted by Gasteiger charge is 2.71. The van der Waals surface area contributed by atoms with E-state index in [-0.39, 0.29) is 23.2 Å². The molecule has 3 rings (SSSR count). The van der Waals surface area contributed by atoms with Gasteiger partial charge in [0.2, 0.25) is 0 Å². The topological polar surface area (TPSA) is 65.5 Å². The third-order valence-electron chi connectivity index (χ3n) is 5.02. The highest BCUT2D eigenvalue weighted by Crippen LogP contribution is 2.58. The summed E-state index contributed by atoms with van der Waals surface area (Å²) in [6, 6.07) is 0. The zero-order chi connectivity index (χ0) is 13.8. The van der Waals surface area contributed by atoms with Crippen LogP contribution in [-0.4, -0.2) is 46.3 Å². The number of rotatable bonds is 3. The van der Waals surface area contributed by atoms with Crippen LogP contribution in [0.25, 0.3) is 0 Å². The van der Waals surface area contributed by atoms with Crippen LogP contribution in [0.5, 0.6) is 0 Å². The lowest BCUT2D eigenvalue weighted by Crippen LogP contribution is -2.53. The zero-order valence-corrected chi connectivity index (χ0v) is 11.9. The van der Waals surface area contributed by atoms with Crippen molar-refractivity contribution in [2.75, 3.05) is 6.61 Å². The van der Waals surface area contributed by atoms with Crippen LogP contribution in [0.4, 0.5) is 0 Å². The molecule has 4 heteroatoms. The summed E-state index contributed by atoms with van der Waals surface area (Å²) < 4.78 is 11.5. The maximum atomic E-state index is 10.4. The van der Waals surface area contributed by atoms with Gasteiger partial charge in [0.15, 0.2) is 0 Å². The number of allylic oxidation sites excluding steroid dienone is 1. The SMILES string of the molecule is CC(C)=CC[C@H]1OC1(C)C1[C@H](O)[C@@H](O)CC[C@]12CO2. The van der Waals surface area contributed by atoms with Crippen LogP contribution < -0.4 is 0 Å². The van der Waals surface area contributed by atoms with E-state index in [1.165, 1.54) is 5.57 Å². The van der Waals surface area contributed by atoms with Crippen molar-refractivity contribution in [2.45, 2.75) is 69.5 Å². The lowest BCUT2D eigenvalue weighted by Gasteiger charge is -2.39. The molecular formula is C15H24O4. The van der Waals surface area contributed by atoms with Crippen LogP contribution in [0, 0.1) is 5.92 Å². The van der Waals surface area contributed by atoms with E-state index in [4.69, 9.17) is 9.47 Å². The molecule has 3 aliphatic rings. The Labute approximate surface area is 114 Å². The van der Waals surface area contributed by atoms with Gasteiger partial charge in [-0.05, 0) is 40.0 Å². The van der Waals surface area contributed by atoms with Gasteiger partial charge in [0.1, 0.15) is 5.60 Å². The first-order valence-electron chi connectivity index (χ1n) is 7.20. The molecule has 0 aromatic heterocycles. The summed E-state index contributed by atoms with van der Waals surface area (Å²) in [6.45, 7) is 6.89. The van der Waals surface area contributed by atoms with Crippen LogP contribution in [0.3, 0.4) is 0 Å². The molecular weight excluding hydrogens is 244 g/mol. The van der Waals surface area contributed by atoms with Gasteiger partial charge in [0, 0.05) is 0 Å². The fraction of sp³-hybridized carbons (Fsp3) is 0.867. The molecule has 1 saturated carbocycles. The Morgan fingerprint density at radius 2 is 2.05 bits per heavy atom. The highest BCUT2D eigenvalue weighted by atomic mass is 16.6. The molecule has 19 heavy (non-hydrogen) atoms. The molecule has 2 N–H and O–H groups in total. The molecule has 0 bridgehead atoms. The fourth-order valence-electron chi connectivity index (χ4n) is 3.70. The van der Waals surface area contributed by atoms with Crippen molar-refractivity contribution in [2.24, 2.45) is 5.92 Å². The van der Waals surface area contributed by atoms with E-state index in [1.54, 1.807) is 0 Å². The molecule has 0 aromatic rings. The van der Waals surface area contributed by atoms with Crippen molar-refractivity contribution in [3.05, 3.63) is 11.6 Å². The summed E-state index contributed by atoms with van der Waals surface area (Å²) in [5.74, 6) is -0.112. The van der Waals surface area contributed by atoms with Gasteiger partial charge in [-0.25, -0.2) is 0 Å². The van der Waals surface area contributed by atoms with E-state index in [2.05, 4.69) is 19.9 Å². The molecule has 1 spiro atoms. The van der Waals surface area contributed by atoms with Crippen molar-refractivity contribution in [3.63, 3.8) is 0 Å². The summed E-state index contributed by atoms with van der Waals surface area (Å²) in [7, 11) is 0. The number of ether oxygens (including phenoxy) is 2. The van der Waals surface area contributed by atoms with Crippen LogP contribution in [0.2, 0.25) is 0 Å². The number of aliphatic hydroxyl groups excluding tert-OH is 2. The quantitative estimate of drug-likeness (QED) is 0.600. The summed E-state index contributed by atoms with van der Waals surface area (Å²) in [5.41, 5.74) is 0.676. The second kappa shape index (κ2) is 4.29. The van der Waals surface area contributed by atoms with Gasteiger partial charge in [-0.15, -0.1) is 0 Å². The van der Waals surface area contributed by atoms with Crippen molar-refractivity contribution in [3.8, 4) is 0 Å². The smallest absolute Gasteiger partial charge is 0.101 e. The van der Waals surface area contributed by atoms with Gasteiger partial charge < -0.3 is 19.7 Å². The molecule has 2 unspecified atom stereocenters. The molecule has 6 atom stereocenters. The molecule has 4 nitrogen and oxygen atoms in total. The summed E-state index contributed by atoms with van der Waals surface area (Å²) in [6.07, 6.45) is 3.23. The Morgan fingerprint density at radius 1 is 1.37 bits per heavy atom. The first-order chi connectivity index (χ1) is 8.89. The van der Waals surface area contributed by atoms with Gasteiger partial charge >= 0.3 is 0 Å². The number of hydrogen-bond acceptors (Lipinski definition) is 4. The van der Waals surface area contributed by atoms with E-state index in [9.17, 15) is 10.2 Å². The van der Waals surface area contributed by atoms with Crippen LogP contribution in [-0.2, 0) is 9.47 Å². The van der Waals surface area contributed by atoms with Crippen LogP contribution in [0.15, 0.2) is 11.6 Å². The first kappa shape index (κ1) is 13.6. The predicted octanol–water partition coefficient (Wildman–Crippen LogP) is 1.40.